The van der Waals surface area contributed by atoms with E-state index in [1.165, 1.54) is 16.2 Å². The van der Waals surface area contributed by atoms with E-state index in [0.29, 0.717) is 48.8 Å². The first-order valence-corrected chi connectivity index (χ1v) is 10.4. The second kappa shape index (κ2) is 7.10. The lowest BCUT2D eigenvalue weighted by Gasteiger charge is -2.32. The zero-order valence-corrected chi connectivity index (χ0v) is 16.1. The molecule has 0 spiro atoms. The number of primary amides is 1. The number of carbonyl (C=O) groups is 3. The van der Waals surface area contributed by atoms with Gasteiger partial charge < -0.3 is 15.8 Å². The quantitative estimate of drug-likeness (QED) is 0.720. The predicted molar refractivity (Wildman–Crippen MR) is 98.7 cm³/mol. The van der Waals surface area contributed by atoms with Gasteiger partial charge in [0.2, 0.25) is 5.88 Å². The smallest absolute Gasteiger partial charge is 0.325 e. The van der Waals surface area contributed by atoms with Crippen molar-refractivity contribution in [3.63, 3.8) is 0 Å². The molecule has 2 saturated carbocycles. The summed E-state index contributed by atoms with van der Waals surface area (Å²) in [6.07, 6.45) is 5.48. The molecule has 2 aliphatic carbocycles. The molecule has 1 aromatic rings. The van der Waals surface area contributed by atoms with Crippen molar-refractivity contribution >= 4 is 29.2 Å². The number of nitrogens with two attached hydrogens (primary N) is 1. The van der Waals surface area contributed by atoms with Crippen LogP contribution in [-0.2, 0) is 4.79 Å². The van der Waals surface area contributed by atoms with Gasteiger partial charge in [-0.2, -0.15) is 0 Å². The van der Waals surface area contributed by atoms with Crippen molar-refractivity contribution in [2.75, 3.05) is 0 Å². The van der Waals surface area contributed by atoms with Crippen molar-refractivity contribution in [2.24, 2.45) is 5.73 Å². The first-order valence-electron chi connectivity index (χ1n) is 9.58. The molecule has 0 bridgehead atoms. The Morgan fingerprint density at radius 3 is 2.52 bits per heavy atom. The third kappa shape index (κ3) is 3.52. The monoisotopic (exact) mass is 392 g/mol. The molecule has 146 valence electrons. The Balaban J connectivity index is 1.38. The van der Waals surface area contributed by atoms with E-state index in [0.717, 1.165) is 17.8 Å². The molecule has 1 saturated heterocycles. The maximum Gasteiger partial charge on any atom is 0.325 e. The summed E-state index contributed by atoms with van der Waals surface area (Å²) in [7, 11) is 0. The molecular weight excluding hydrogens is 368 g/mol. The van der Waals surface area contributed by atoms with Gasteiger partial charge in [0.1, 0.15) is 17.2 Å². The van der Waals surface area contributed by atoms with E-state index in [-0.39, 0.29) is 24.1 Å². The summed E-state index contributed by atoms with van der Waals surface area (Å²) < 4.78 is 6.01. The van der Waals surface area contributed by atoms with Crippen LogP contribution >= 0.6 is 11.3 Å². The lowest BCUT2D eigenvalue weighted by Crippen LogP contribution is -2.44. The van der Waals surface area contributed by atoms with Crippen LogP contribution in [0.1, 0.15) is 72.5 Å². The number of hydrogen-bond acceptors (Lipinski definition) is 6. The van der Waals surface area contributed by atoms with Gasteiger partial charge in [0.25, 0.3) is 11.8 Å². The Morgan fingerprint density at radius 2 is 1.96 bits per heavy atom. The van der Waals surface area contributed by atoms with Gasteiger partial charge in [-0.3, -0.25) is 14.5 Å². The maximum absolute atomic E-state index is 12.4. The number of nitrogens with one attached hydrogen (secondary N) is 1. The number of carbonyl (C=O) groups excluding carboxylic acids is 3. The number of imide groups is 1. The number of amides is 4. The van der Waals surface area contributed by atoms with Crippen LogP contribution in [0.25, 0.3) is 0 Å². The molecule has 0 aromatic carbocycles. The van der Waals surface area contributed by atoms with Crippen LogP contribution in [0.3, 0.4) is 0 Å². The largest absolute Gasteiger partial charge is 0.473 e. The highest BCUT2D eigenvalue weighted by molar-refractivity contribution is 7.14. The highest BCUT2D eigenvalue weighted by Gasteiger charge is 2.42. The van der Waals surface area contributed by atoms with E-state index in [4.69, 9.17) is 10.5 Å². The normalized spacial score (nSPS) is 28.3. The number of nitrogens with zero attached hydrogens (tertiary/aromatic N) is 2. The predicted octanol–water partition coefficient (Wildman–Crippen LogP) is 2.14. The van der Waals surface area contributed by atoms with Gasteiger partial charge in [0.05, 0.1) is 0 Å². The van der Waals surface area contributed by atoms with E-state index in [2.05, 4.69) is 10.3 Å². The molecule has 2 heterocycles. The molecular formula is C18H24N4O4S. The molecule has 1 aromatic heterocycles. The van der Waals surface area contributed by atoms with Gasteiger partial charge in [-0.25, -0.2) is 9.78 Å². The fourth-order valence-corrected chi connectivity index (χ4v) is 4.83. The van der Waals surface area contributed by atoms with Crippen LogP contribution in [0.5, 0.6) is 5.88 Å². The number of rotatable bonds is 6. The molecule has 1 atom stereocenters. The number of urea groups is 1. The minimum absolute atomic E-state index is 0.0868. The Bertz CT molecular complexity index is 767. The second-order valence-electron chi connectivity index (χ2n) is 7.49. The fraction of sp³-hybridized carbons (Fsp3) is 0.667. The maximum atomic E-state index is 12.4. The van der Waals surface area contributed by atoms with Crippen molar-refractivity contribution in [3.8, 4) is 5.88 Å². The molecule has 9 heteroatoms. The van der Waals surface area contributed by atoms with Gasteiger partial charge in [0, 0.05) is 12.0 Å². The van der Waals surface area contributed by atoms with E-state index < -0.39 is 11.9 Å². The Labute approximate surface area is 161 Å². The van der Waals surface area contributed by atoms with Gasteiger partial charge in [-0.15, -0.1) is 11.3 Å². The van der Waals surface area contributed by atoms with Crippen LogP contribution in [-0.4, -0.2) is 45.9 Å². The molecule has 4 rings (SSSR count). The number of thiazole rings is 1. The highest BCUT2D eigenvalue weighted by atomic mass is 32.1. The first kappa shape index (κ1) is 18.2. The molecule has 1 unspecified atom stereocenters. The summed E-state index contributed by atoms with van der Waals surface area (Å²) in [5.74, 6) is 0.149. The third-order valence-electron chi connectivity index (χ3n) is 5.51. The topological polar surface area (TPSA) is 115 Å². The minimum atomic E-state index is -0.506. The zero-order chi connectivity index (χ0) is 19.1. The Hall–Kier alpha value is -2.16. The molecule has 3 fully saturated rings. The van der Waals surface area contributed by atoms with Gasteiger partial charge in [-0.05, 0) is 44.9 Å². The molecule has 0 radical (unpaired) electrons. The standard InChI is InChI=1S/C18H24N4O4S/c1-2-12-17(24)22(18(25)20-12)10-5-7-11(8-6-10)26-15-13(14(19)23)27-16(21-15)9-3-4-9/h9-12H,2-8H2,1H3,(H2,19,23)(H,20,25)/t10-,11-,12?. The summed E-state index contributed by atoms with van der Waals surface area (Å²) in [6, 6.07) is -0.789. The van der Waals surface area contributed by atoms with E-state index >= 15 is 0 Å². The summed E-state index contributed by atoms with van der Waals surface area (Å²) in [6.45, 7) is 1.89. The number of ether oxygens (including phenoxy) is 1. The van der Waals surface area contributed by atoms with Gasteiger partial charge >= 0.3 is 6.03 Å². The van der Waals surface area contributed by atoms with Crippen LogP contribution in [0.4, 0.5) is 4.79 Å². The molecule has 4 amide bonds. The number of aromatic nitrogens is 1. The summed E-state index contributed by atoms with van der Waals surface area (Å²) in [5, 5.41) is 3.67. The van der Waals surface area contributed by atoms with Crippen molar-refractivity contribution in [3.05, 3.63) is 9.88 Å². The molecule has 3 N–H and O–H groups in total. The van der Waals surface area contributed by atoms with Crippen molar-refractivity contribution in [1.82, 2.24) is 15.2 Å². The van der Waals surface area contributed by atoms with Crippen molar-refractivity contribution < 1.29 is 19.1 Å². The lowest BCUT2D eigenvalue weighted by atomic mass is 9.92. The van der Waals surface area contributed by atoms with E-state index in [9.17, 15) is 14.4 Å². The summed E-state index contributed by atoms with van der Waals surface area (Å²) in [4.78, 5) is 42.5. The van der Waals surface area contributed by atoms with Crippen LogP contribution in [0.2, 0.25) is 0 Å². The fourth-order valence-electron chi connectivity index (χ4n) is 3.81. The zero-order valence-electron chi connectivity index (χ0n) is 15.3. The third-order valence-corrected chi connectivity index (χ3v) is 6.72. The lowest BCUT2D eigenvalue weighted by molar-refractivity contribution is -0.129. The first-order chi connectivity index (χ1) is 13.0. The van der Waals surface area contributed by atoms with Crippen LogP contribution < -0.4 is 15.8 Å². The molecule has 27 heavy (non-hydrogen) atoms. The average molecular weight is 392 g/mol. The average Bonchev–Trinajstić information content (AvgIpc) is 3.34. The second-order valence-corrected chi connectivity index (χ2v) is 8.52. The summed E-state index contributed by atoms with van der Waals surface area (Å²) in [5.41, 5.74) is 5.48. The highest BCUT2D eigenvalue weighted by Crippen LogP contribution is 2.44. The molecule has 3 aliphatic rings. The molecule has 1 aliphatic heterocycles. The SMILES string of the molecule is CCC1NC(=O)N([C@H]2CC[C@H](Oc3nc(C4CC4)sc3C(N)=O)CC2)C1=O. The Morgan fingerprint density at radius 1 is 1.26 bits per heavy atom. The molecule has 8 nitrogen and oxygen atoms in total. The van der Waals surface area contributed by atoms with Crippen LogP contribution in [0.15, 0.2) is 0 Å². The van der Waals surface area contributed by atoms with Gasteiger partial charge in [0.15, 0.2) is 4.88 Å². The summed E-state index contributed by atoms with van der Waals surface area (Å²) >= 11 is 1.33. The minimum Gasteiger partial charge on any atom is -0.473 e. The van der Waals surface area contributed by atoms with E-state index in [1.807, 2.05) is 6.92 Å². The Kier molecular flexibility index (Phi) is 4.79. The van der Waals surface area contributed by atoms with Crippen LogP contribution in [0, 0.1) is 0 Å². The number of hydrogen-bond donors (Lipinski definition) is 2. The van der Waals surface area contributed by atoms with Crippen molar-refractivity contribution in [2.45, 2.75) is 76.0 Å². The van der Waals surface area contributed by atoms with E-state index in [1.54, 1.807) is 0 Å². The van der Waals surface area contributed by atoms with Crippen molar-refractivity contribution in [1.29, 1.82) is 0 Å². The van der Waals surface area contributed by atoms with Gasteiger partial charge in [-0.1, -0.05) is 6.92 Å².